The first-order valence-corrected chi connectivity index (χ1v) is 26.5. The minimum atomic E-state index is -4.92. The lowest BCUT2D eigenvalue weighted by Gasteiger charge is -2.13. The van der Waals surface area contributed by atoms with Crippen molar-refractivity contribution in [3.8, 4) is 0 Å². The molecule has 0 aliphatic heterocycles. The Bertz CT molecular complexity index is 1050. The number of hydrogen-bond acceptors (Lipinski definition) is 24. The van der Waals surface area contributed by atoms with Gasteiger partial charge in [-0.3, -0.25) is 0 Å². The number of rotatable bonds is 71. The third-order valence-electron chi connectivity index (χ3n) is 8.92. The fourth-order valence-electron chi connectivity index (χ4n) is 5.20. The highest BCUT2D eigenvalue weighted by molar-refractivity contribution is 6.58. The normalized spacial score (nSPS) is 12.0. The van der Waals surface area contributed by atoms with Crippen molar-refractivity contribution in [1.29, 1.82) is 0 Å². The van der Waals surface area contributed by atoms with Gasteiger partial charge in [0, 0.05) is 13.6 Å². The fourth-order valence-corrected chi connectivity index (χ4v) is 5.20. The van der Waals surface area contributed by atoms with Crippen molar-refractivity contribution < 1.29 is 127 Å². The zero-order valence-corrected chi connectivity index (χ0v) is 45.7. The smallest absolute Gasteiger partial charge is 0.447 e. The van der Waals surface area contributed by atoms with Crippen molar-refractivity contribution in [2.75, 3.05) is 318 Å². The first-order chi connectivity index (χ1) is 37.6. The topological polar surface area (TPSA) is 222 Å². The van der Waals surface area contributed by atoms with Crippen molar-refractivity contribution in [2.45, 2.75) is 0 Å². The van der Waals surface area contributed by atoms with Gasteiger partial charge in [0.1, 0.15) is 0 Å². The molecule has 0 unspecified atom stereocenters. The third kappa shape index (κ3) is 72.9. The van der Waals surface area contributed by atoms with Gasteiger partial charge in [-0.05, 0) is 0 Å². The molecule has 76 heavy (non-hydrogen) atoms. The molecule has 0 heterocycles. The molecule has 0 amide bonds. The largest absolute Gasteiger partial charge is 0.503 e. The maximum Gasteiger partial charge on any atom is 0.503 e. The van der Waals surface area contributed by atoms with E-state index in [4.69, 9.17) is 109 Å². The molecule has 0 saturated carbocycles. The zero-order chi connectivity index (χ0) is 54.7. The van der Waals surface area contributed by atoms with Crippen LogP contribution in [0, 0.1) is 0 Å². The number of ether oxygens (including phenoxy) is 24. The van der Waals surface area contributed by atoms with Gasteiger partial charge < -0.3 is 127 Å². The van der Waals surface area contributed by atoms with Gasteiger partial charge in [0.05, 0.1) is 304 Å². The summed E-state index contributed by atoms with van der Waals surface area (Å²) in [5.41, 5.74) is 0. The molecule has 28 heteroatoms. The average molecular weight is 1130 g/mol. The van der Waals surface area contributed by atoms with Crippen LogP contribution in [0.25, 0.3) is 0 Å². The first-order valence-electron chi connectivity index (χ1n) is 26.5. The minimum absolute atomic E-state index is 0.0847. The Hall–Kier alpha value is -1.11. The highest BCUT2D eigenvalue weighted by Gasteiger charge is 2.22. The maximum atomic E-state index is 12.0. The second kappa shape index (κ2) is 68.2. The monoisotopic (exact) mass is 1130 g/mol. The third-order valence-corrected chi connectivity index (χ3v) is 8.92. The lowest BCUT2D eigenvalue weighted by Crippen LogP contribution is -2.25. The van der Waals surface area contributed by atoms with Gasteiger partial charge in [0.15, 0.2) is 0 Å². The molecule has 0 spiro atoms. The van der Waals surface area contributed by atoms with Crippen molar-refractivity contribution in [2.24, 2.45) is 0 Å². The Kier molecular flexibility index (Phi) is 67.2. The van der Waals surface area contributed by atoms with Crippen molar-refractivity contribution in [1.82, 2.24) is 0 Å². The van der Waals surface area contributed by atoms with Crippen LogP contribution in [-0.2, 0) is 114 Å². The fraction of sp³-hybridized carbons (Fsp3) is 1.00. The van der Waals surface area contributed by atoms with E-state index in [9.17, 15) is 12.9 Å². The van der Waals surface area contributed by atoms with E-state index in [1.807, 2.05) is 0 Å². The van der Waals surface area contributed by atoms with Crippen LogP contribution in [0.3, 0.4) is 0 Å². The van der Waals surface area contributed by atoms with Crippen LogP contribution >= 0.6 is 0 Å². The molecule has 0 aromatic heterocycles. The van der Waals surface area contributed by atoms with Crippen LogP contribution < -0.4 is 0 Å². The maximum absolute atomic E-state index is 12.0. The Morgan fingerprint density at radius 3 is 0.342 bits per heavy atom. The summed E-state index contributed by atoms with van der Waals surface area (Å²) in [5.74, 6) is 0. The summed E-state index contributed by atoms with van der Waals surface area (Å²) in [7, 11) is 1.64. The van der Waals surface area contributed by atoms with Crippen LogP contribution in [0.2, 0.25) is 0 Å². The molecular weight excluding hydrogens is 1030 g/mol. The minimum Gasteiger partial charge on any atom is -0.447 e. The molecule has 0 aromatic rings. The first kappa shape index (κ1) is 74.9. The van der Waals surface area contributed by atoms with Crippen LogP contribution in [0.4, 0.5) is 12.9 Å². The lowest BCUT2D eigenvalue weighted by atomic mass is 9.95. The molecule has 0 bridgehead atoms. The predicted molar refractivity (Wildman–Crippen MR) is 270 cm³/mol. The summed E-state index contributed by atoms with van der Waals surface area (Å²) >= 11 is 0. The van der Waals surface area contributed by atoms with E-state index in [1.165, 1.54) is 0 Å². The number of hydrogen-bond donors (Lipinski definition) is 0. The standard InChI is InChI=1S/C48H97BF3O24/c1-53-2-3-54-4-5-55-6-7-56-8-9-57-10-11-58-12-13-59-14-15-60-16-17-61-18-19-62-20-21-63-22-23-64-24-25-65-26-27-66-28-29-67-30-31-68-32-33-69-34-35-70-36-37-71-38-39-72-40-41-73-42-43-74-44-45-75-46-47-76-48-49(50,51)52/h2-48H2,1H3/q-1. The molecule has 24 nitrogen and oxygen atoms in total. The van der Waals surface area contributed by atoms with E-state index >= 15 is 0 Å². The lowest BCUT2D eigenvalue weighted by molar-refractivity contribution is -0.0319. The van der Waals surface area contributed by atoms with Crippen molar-refractivity contribution in [3.63, 3.8) is 0 Å². The highest BCUT2D eigenvalue weighted by Crippen LogP contribution is 2.07. The van der Waals surface area contributed by atoms with Gasteiger partial charge in [0.2, 0.25) is 0 Å². The predicted octanol–water partition coefficient (Wildman–Crippen LogP) is 1.40. The Balaban J connectivity index is 3.08. The van der Waals surface area contributed by atoms with E-state index in [0.29, 0.717) is 284 Å². The molecule has 0 aliphatic carbocycles. The highest BCUT2D eigenvalue weighted by atomic mass is 19.4. The van der Waals surface area contributed by atoms with Gasteiger partial charge in [-0.25, -0.2) is 0 Å². The van der Waals surface area contributed by atoms with E-state index in [2.05, 4.69) is 4.74 Å². The molecule has 0 rings (SSSR count). The summed E-state index contributed by atoms with van der Waals surface area (Å²) in [4.78, 5) is 0. The van der Waals surface area contributed by atoms with Crippen LogP contribution in [0.5, 0.6) is 0 Å². The molecule has 0 saturated heterocycles. The summed E-state index contributed by atoms with van der Waals surface area (Å²) in [6, 6.07) is 0. The van der Waals surface area contributed by atoms with Gasteiger partial charge in [0.25, 0.3) is 0 Å². The van der Waals surface area contributed by atoms with Crippen molar-refractivity contribution >= 4 is 6.98 Å². The van der Waals surface area contributed by atoms with E-state index in [-0.39, 0.29) is 19.8 Å². The van der Waals surface area contributed by atoms with Gasteiger partial charge in [-0.2, -0.15) is 0 Å². The van der Waals surface area contributed by atoms with E-state index < -0.39 is 13.5 Å². The summed E-state index contributed by atoms with van der Waals surface area (Å²) in [5, 5.41) is 0. The second-order valence-corrected chi connectivity index (χ2v) is 15.3. The summed E-state index contributed by atoms with van der Waals surface area (Å²) in [6.07, 6.45) is 0. The molecule has 458 valence electrons. The Morgan fingerprint density at radius 2 is 0.250 bits per heavy atom. The molecular formula is C48H97BF3O24-. The molecule has 0 N–H and O–H groups in total. The van der Waals surface area contributed by atoms with Gasteiger partial charge in [-0.15, -0.1) is 0 Å². The van der Waals surface area contributed by atoms with E-state index in [0.717, 1.165) is 0 Å². The van der Waals surface area contributed by atoms with Crippen LogP contribution in [0.15, 0.2) is 0 Å². The van der Waals surface area contributed by atoms with Gasteiger partial charge in [-0.1, -0.05) is 0 Å². The van der Waals surface area contributed by atoms with Crippen molar-refractivity contribution in [3.05, 3.63) is 0 Å². The molecule has 0 aromatic carbocycles. The zero-order valence-electron chi connectivity index (χ0n) is 45.7. The summed E-state index contributed by atoms with van der Waals surface area (Å²) in [6.45, 7) is 14.6. The molecule has 0 fully saturated rings. The molecule has 0 radical (unpaired) electrons. The number of halogens is 3. The average Bonchev–Trinajstić information content (AvgIpc) is 3.41. The Morgan fingerprint density at radius 1 is 0.158 bits per heavy atom. The molecule has 0 aliphatic rings. The second-order valence-electron chi connectivity index (χ2n) is 15.3. The number of methoxy groups -OCH3 is 1. The van der Waals surface area contributed by atoms with E-state index in [1.54, 1.807) is 7.11 Å². The quantitative estimate of drug-likeness (QED) is 0.0621. The van der Waals surface area contributed by atoms with Crippen LogP contribution in [0.1, 0.15) is 0 Å². The molecule has 0 atom stereocenters. The summed E-state index contributed by atoms with van der Waals surface area (Å²) < 4.78 is 165. The SMILES string of the molecule is COCCOCCOCCOCCOCCOCCOCCOCCOCCOCCOCCOCCOCCOCCOCCOCCOCCOCCOCCOCCOCCOCCOCCOC[B-](F)(F)F. The Labute approximate surface area is 450 Å². The van der Waals surface area contributed by atoms with Gasteiger partial charge >= 0.3 is 6.98 Å². The van der Waals surface area contributed by atoms with Crippen LogP contribution in [-0.4, -0.2) is 325 Å².